The van der Waals surface area contributed by atoms with Crippen LogP contribution in [0.25, 0.3) is 0 Å². The summed E-state index contributed by atoms with van der Waals surface area (Å²) in [4.78, 5) is 0. The van der Waals surface area contributed by atoms with Crippen molar-refractivity contribution in [3.8, 4) is 0 Å². The molecule has 0 amide bonds. The van der Waals surface area contributed by atoms with Gasteiger partial charge in [0.05, 0.1) is 0 Å². The highest BCUT2D eigenvalue weighted by molar-refractivity contribution is 6.25. The molecule has 0 radical (unpaired) electrons. The Morgan fingerprint density at radius 1 is 0.583 bits per heavy atom. The zero-order valence-electron chi connectivity index (χ0n) is 6.21. The number of hydrogen-bond acceptors (Lipinski definition) is 0. The van der Waals surface area contributed by atoms with Gasteiger partial charge in [-0.25, -0.2) is 0 Å². The Hall–Kier alpha value is -0.120. The molecule has 0 aliphatic heterocycles. The first kappa shape index (κ1) is 40.7. The van der Waals surface area contributed by atoms with Gasteiger partial charge in [0.1, 0.15) is 0 Å². The van der Waals surface area contributed by atoms with Gasteiger partial charge in [-0.15, -0.1) is 0 Å². The topological polar surface area (TPSA) is 0 Å². The van der Waals surface area contributed by atoms with Crippen LogP contribution in [0.5, 0.6) is 0 Å². The van der Waals surface area contributed by atoms with E-state index < -0.39 is 0 Å². The average molecular weight is 248 g/mol. The standard InChI is InChI=1S/3C2H3Cl.3FH/c3*1-2-3;;;/h3*2H,1H2;3*1H. The third kappa shape index (κ3) is 54100. The molecule has 0 unspecified atom stereocenters. The smallest absolute Gasteiger partial charge is 0.00296 e. The highest BCUT2D eigenvalue weighted by Crippen LogP contribution is 1.61. The van der Waals surface area contributed by atoms with Gasteiger partial charge < -0.3 is 0 Å². The Balaban J connectivity index is -0.00000001000. The van der Waals surface area contributed by atoms with Crippen molar-refractivity contribution in [2.24, 2.45) is 0 Å². The molecule has 0 aromatic rings. The van der Waals surface area contributed by atoms with Crippen molar-refractivity contribution in [1.29, 1.82) is 0 Å². The van der Waals surface area contributed by atoms with Crippen LogP contribution >= 0.6 is 34.8 Å². The van der Waals surface area contributed by atoms with Gasteiger partial charge in [0.25, 0.3) is 0 Å². The molecule has 0 fully saturated rings. The Kier molecular flexibility index (Phi) is 434. The lowest BCUT2D eigenvalue weighted by Gasteiger charge is -1.27. The molecule has 0 nitrogen and oxygen atoms in total. The maximum Gasteiger partial charge on any atom is -0.00296 e. The van der Waals surface area contributed by atoms with Crippen LogP contribution in [0, 0.1) is 0 Å². The van der Waals surface area contributed by atoms with Crippen LogP contribution in [0.4, 0.5) is 14.1 Å². The van der Waals surface area contributed by atoms with E-state index in [0.717, 1.165) is 0 Å². The van der Waals surface area contributed by atoms with E-state index in [-0.39, 0.29) is 14.1 Å². The molecule has 6 heteroatoms. The lowest BCUT2D eigenvalue weighted by atomic mass is 11.3. The van der Waals surface area contributed by atoms with E-state index in [1.807, 2.05) is 0 Å². The lowest BCUT2D eigenvalue weighted by Crippen LogP contribution is -0.926. The van der Waals surface area contributed by atoms with Crippen molar-refractivity contribution < 1.29 is 14.1 Å². The second kappa shape index (κ2) is 128. The van der Waals surface area contributed by atoms with Crippen LogP contribution in [0.3, 0.4) is 0 Å². The zero-order chi connectivity index (χ0) is 8.12. The van der Waals surface area contributed by atoms with Gasteiger partial charge in [-0.1, -0.05) is 54.5 Å². The third-order valence-electron chi connectivity index (χ3n) is 0. The molecular formula is C6H12Cl3F3. The van der Waals surface area contributed by atoms with E-state index in [9.17, 15) is 0 Å². The molecule has 0 aromatic carbocycles. The minimum absolute atomic E-state index is 0. The fourth-order valence-corrected chi connectivity index (χ4v) is 0. The van der Waals surface area contributed by atoms with Crippen LogP contribution in [-0.2, 0) is 0 Å². The van der Waals surface area contributed by atoms with Gasteiger partial charge in [-0.05, 0) is 16.6 Å². The quantitative estimate of drug-likeness (QED) is 0.588. The Morgan fingerprint density at radius 2 is 0.583 bits per heavy atom. The molecule has 0 aliphatic carbocycles. The van der Waals surface area contributed by atoms with E-state index in [0.29, 0.717) is 0 Å². The van der Waals surface area contributed by atoms with Crippen LogP contribution < -0.4 is 0 Å². The van der Waals surface area contributed by atoms with Gasteiger partial charge in [0, 0.05) is 0 Å². The lowest BCUT2D eigenvalue weighted by molar-refractivity contribution is 1.11. The molecule has 0 aliphatic rings. The molecule has 12 heavy (non-hydrogen) atoms. The summed E-state index contributed by atoms with van der Waals surface area (Å²) in [5.74, 6) is 0. The Bertz CT molecular complexity index is 54.8. The highest BCUT2D eigenvalue weighted by atomic mass is 35.5. The predicted octanol–water partition coefficient (Wildman–Crippen LogP) is 4.56. The van der Waals surface area contributed by atoms with E-state index in [1.54, 1.807) is 0 Å². The molecule has 0 spiro atoms. The minimum atomic E-state index is 0. The van der Waals surface area contributed by atoms with Crippen LogP contribution in [0.2, 0.25) is 0 Å². The first-order chi connectivity index (χ1) is 4.24. The molecule has 0 saturated carbocycles. The van der Waals surface area contributed by atoms with Crippen molar-refractivity contribution in [2.75, 3.05) is 0 Å². The van der Waals surface area contributed by atoms with E-state index >= 15 is 0 Å². The van der Waals surface area contributed by atoms with Crippen LogP contribution in [0.1, 0.15) is 0 Å². The summed E-state index contributed by atoms with van der Waals surface area (Å²) < 4.78 is 0. The molecule has 0 heterocycles. The van der Waals surface area contributed by atoms with Crippen LogP contribution in [0.15, 0.2) is 36.3 Å². The van der Waals surface area contributed by atoms with Crippen molar-refractivity contribution in [2.45, 2.75) is 0 Å². The third-order valence-corrected chi connectivity index (χ3v) is 0. The largest absolute Gasteiger partial charge is 0.269 e. The van der Waals surface area contributed by atoms with E-state index in [1.165, 1.54) is 16.6 Å². The average Bonchev–Trinajstić information content (AvgIpc) is 1.70. The fraction of sp³-hybridized carbons (Fsp3) is 0. The van der Waals surface area contributed by atoms with Crippen molar-refractivity contribution in [3.05, 3.63) is 36.3 Å². The van der Waals surface area contributed by atoms with E-state index in [2.05, 4.69) is 19.7 Å². The second-order valence-corrected chi connectivity index (χ2v) is 1.39. The molecule has 0 N–H and O–H groups in total. The van der Waals surface area contributed by atoms with Gasteiger partial charge in [0.15, 0.2) is 0 Å². The Labute approximate surface area is 85.6 Å². The maximum absolute atomic E-state index is 4.76. The number of halogens is 6. The second-order valence-electron chi connectivity index (χ2n) is 0.463. The summed E-state index contributed by atoms with van der Waals surface area (Å²) in [6.45, 7) is 9.38. The minimum Gasteiger partial charge on any atom is -0.269 e. The molecular weight excluding hydrogens is 235 g/mol. The highest BCUT2D eigenvalue weighted by Gasteiger charge is 1.18. The van der Waals surface area contributed by atoms with Crippen molar-refractivity contribution in [1.82, 2.24) is 0 Å². The zero-order valence-corrected chi connectivity index (χ0v) is 8.48. The summed E-state index contributed by atoms with van der Waals surface area (Å²) in [6.07, 6.45) is 0. The number of rotatable bonds is 0. The van der Waals surface area contributed by atoms with Gasteiger partial charge in [-0.3, -0.25) is 14.1 Å². The first-order valence-electron chi connectivity index (χ1n) is 1.88. The molecule has 0 aromatic heterocycles. The summed E-state index contributed by atoms with van der Waals surface area (Å²) >= 11 is 14.3. The maximum atomic E-state index is 4.76. The monoisotopic (exact) mass is 246 g/mol. The molecule has 0 saturated heterocycles. The van der Waals surface area contributed by atoms with Crippen molar-refractivity contribution >= 4 is 34.8 Å². The molecule has 0 rings (SSSR count). The summed E-state index contributed by atoms with van der Waals surface area (Å²) in [5.41, 5.74) is 3.67. The van der Waals surface area contributed by atoms with Gasteiger partial charge >= 0.3 is 0 Å². The predicted molar refractivity (Wildman–Crippen MR) is 55.7 cm³/mol. The first-order valence-corrected chi connectivity index (χ1v) is 3.19. The molecule has 0 bridgehead atoms. The fourth-order valence-electron chi connectivity index (χ4n) is 0. The SMILES string of the molecule is C=CCl.C=CCl.C=CCl.F.F.F. The molecule has 78 valence electrons. The van der Waals surface area contributed by atoms with E-state index in [4.69, 9.17) is 34.8 Å². The van der Waals surface area contributed by atoms with Gasteiger partial charge in [-0.2, -0.15) is 0 Å². The summed E-state index contributed by atoms with van der Waals surface area (Å²) in [6, 6.07) is 0. The number of hydrogen-bond donors (Lipinski definition) is 0. The van der Waals surface area contributed by atoms with Crippen molar-refractivity contribution in [3.63, 3.8) is 0 Å². The summed E-state index contributed by atoms with van der Waals surface area (Å²) in [5, 5.41) is 0. The van der Waals surface area contributed by atoms with Crippen LogP contribution in [-0.4, -0.2) is 0 Å². The molecule has 0 atom stereocenters. The summed E-state index contributed by atoms with van der Waals surface area (Å²) in [7, 11) is 0. The normalized spacial score (nSPS) is 3.25. The Morgan fingerprint density at radius 3 is 0.583 bits per heavy atom. The van der Waals surface area contributed by atoms with Gasteiger partial charge in [0.2, 0.25) is 0 Å².